The quantitative estimate of drug-likeness (QED) is 0.681. The summed E-state index contributed by atoms with van der Waals surface area (Å²) >= 11 is 0. The fraction of sp³-hybridized carbons (Fsp3) is 0.167. The Kier molecular flexibility index (Phi) is 3.47. The molecule has 1 heterocycles. The summed E-state index contributed by atoms with van der Waals surface area (Å²) in [6.07, 6.45) is 1.21. The van der Waals surface area contributed by atoms with Crippen molar-refractivity contribution in [2.75, 3.05) is 0 Å². The molecule has 0 bridgehead atoms. The summed E-state index contributed by atoms with van der Waals surface area (Å²) in [5.74, 6) is -1.64. The van der Waals surface area contributed by atoms with Crippen molar-refractivity contribution in [1.82, 2.24) is 9.55 Å². The predicted molar refractivity (Wildman–Crippen MR) is 66.1 cm³/mol. The van der Waals surface area contributed by atoms with Crippen LogP contribution in [0.3, 0.4) is 0 Å². The Morgan fingerprint density at radius 2 is 2.25 bits per heavy atom. The highest BCUT2D eigenvalue weighted by atomic mass is 19.1. The highest BCUT2D eigenvalue weighted by molar-refractivity contribution is 5.85. The first-order valence-corrected chi connectivity index (χ1v) is 5.58. The third-order valence-corrected chi connectivity index (χ3v) is 2.82. The van der Waals surface area contributed by atoms with Gasteiger partial charge in [0, 0.05) is 12.6 Å². The third-order valence-electron chi connectivity index (χ3n) is 2.82. The lowest BCUT2D eigenvalue weighted by Crippen LogP contribution is -2.11. The summed E-state index contributed by atoms with van der Waals surface area (Å²) in [7, 11) is 0. The van der Waals surface area contributed by atoms with Crippen LogP contribution in [-0.4, -0.2) is 25.6 Å². The first-order valence-electron chi connectivity index (χ1n) is 5.58. The van der Waals surface area contributed by atoms with E-state index in [9.17, 15) is 19.3 Å². The molecule has 0 aliphatic rings. The number of nitrogens with zero attached hydrogens (tertiary/aromatic N) is 3. The number of rotatable bonds is 4. The van der Waals surface area contributed by atoms with Gasteiger partial charge in [-0.3, -0.25) is 10.1 Å². The number of hydrogen-bond donors (Lipinski definition) is 1. The second-order valence-electron chi connectivity index (χ2n) is 4.12. The summed E-state index contributed by atoms with van der Waals surface area (Å²) in [6, 6.07) is 3.45. The topological polar surface area (TPSA) is 98.3 Å². The van der Waals surface area contributed by atoms with Crippen molar-refractivity contribution in [3.8, 4) is 0 Å². The van der Waals surface area contributed by atoms with E-state index in [4.69, 9.17) is 5.11 Å². The maximum Gasteiger partial charge on any atom is 0.354 e. The fourth-order valence-electron chi connectivity index (χ4n) is 1.82. The van der Waals surface area contributed by atoms with Gasteiger partial charge in [-0.25, -0.2) is 9.78 Å². The fourth-order valence-corrected chi connectivity index (χ4v) is 1.82. The number of aromatic nitrogens is 2. The molecule has 8 heteroatoms. The Bertz CT molecular complexity index is 696. The van der Waals surface area contributed by atoms with Crippen LogP contribution >= 0.6 is 0 Å². The molecule has 0 amide bonds. The van der Waals surface area contributed by atoms with Gasteiger partial charge in [-0.1, -0.05) is 6.07 Å². The van der Waals surface area contributed by atoms with Gasteiger partial charge in [0.15, 0.2) is 0 Å². The van der Waals surface area contributed by atoms with Crippen LogP contribution in [0.2, 0.25) is 0 Å². The van der Waals surface area contributed by atoms with Crippen molar-refractivity contribution >= 4 is 11.7 Å². The smallest absolute Gasteiger partial charge is 0.354 e. The largest absolute Gasteiger partial charge is 0.477 e. The average molecular weight is 279 g/mol. The number of nitro groups is 1. The van der Waals surface area contributed by atoms with E-state index in [1.807, 2.05) is 0 Å². The van der Waals surface area contributed by atoms with E-state index in [2.05, 4.69) is 4.98 Å². The van der Waals surface area contributed by atoms with Crippen LogP contribution < -0.4 is 0 Å². The number of halogens is 1. The summed E-state index contributed by atoms with van der Waals surface area (Å²) < 4.78 is 14.9. The molecule has 0 saturated carbocycles. The number of carboxylic acid groups (broad SMARTS) is 1. The van der Waals surface area contributed by atoms with E-state index in [0.29, 0.717) is 11.4 Å². The van der Waals surface area contributed by atoms with E-state index >= 15 is 0 Å². The second-order valence-corrected chi connectivity index (χ2v) is 4.12. The molecule has 0 atom stereocenters. The summed E-state index contributed by atoms with van der Waals surface area (Å²) in [6.45, 7) is 1.69. The molecule has 0 aliphatic carbocycles. The zero-order valence-corrected chi connectivity index (χ0v) is 10.4. The summed E-state index contributed by atoms with van der Waals surface area (Å²) in [4.78, 5) is 24.6. The zero-order valence-electron chi connectivity index (χ0n) is 10.4. The summed E-state index contributed by atoms with van der Waals surface area (Å²) in [5, 5.41) is 19.5. The van der Waals surface area contributed by atoms with Gasteiger partial charge < -0.3 is 9.67 Å². The molecule has 104 valence electrons. The number of benzene rings is 1. The highest BCUT2D eigenvalue weighted by Gasteiger charge is 2.17. The Hall–Kier alpha value is -2.77. The molecule has 0 aliphatic heterocycles. The molecule has 1 N–H and O–H groups in total. The third kappa shape index (κ3) is 2.48. The minimum Gasteiger partial charge on any atom is -0.477 e. The molecule has 0 fully saturated rings. The lowest BCUT2D eigenvalue weighted by atomic mass is 10.2. The van der Waals surface area contributed by atoms with Crippen LogP contribution in [0.4, 0.5) is 10.1 Å². The molecular weight excluding hydrogens is 269 g/mol. The maximum absolute atomic E-state index is 13.5. The number of carbonyl (C=O) groups is 1. The monoisotopic (exact) mass is 279 g/mol. The van der Waals surface area contributed by atoms with E-state index < -0.39 is 22.4 Å². The summed E-state index contributed by atoms with van der Waals surface area (Å²) in [5.41, 5.74) is -0.229. The van der Waals surface area contributed by atoms with Crippen LogP contribution in [-0.2, 0) is 6.54 Å². The molecule has 0 radical (unpaired) electrons. The number of aryl methyl sites for hydroxylation is 1. The Morgan fingerprint density at radius 3 is 2.80 bits per heavy atom. The van der Waals surface area contributed by atoms with Gasteiger partial charge in [0.25, 0.3) is 0 Å². The van der Waals surface area contributed by atoms with Gasteiger partial charge in [0.2, 0.25) is 5.82 Å². The number of aromatic carboxylic acids is 1. The van der Waals surface area contributed by atoms with Crippen molar-refractivity contribution in [3.05, 3.63) is 57.4 Å². The van der Waals surface area contributed by atoms with Crippen LogP contribution in [0, 0.1) is 22.9 Å². The first kappa shape index (κ1) is 13.7. The van der Waals surface area contributed by atoms with E-state index in [1.165, 1.54) is 16.8 Å². The molecule has 2 aromatic rings. The Morgan fingerprint density at radius 1 is 1.55 bits per heavy atom. The van der Waals surface area contributed by atoms with Gasteiger partial charge in [0.05, 0.1) is 11.1 Å². The Labute approximate surface area is 112 Å². The van der Waals surface area contributed by atoms with Gasteiger partial charge >= 0.3 is 11.7 Å². The van der Waals surface area contributed by atoms with E-state index in [1.54, 1.807) is 6.92 Å². The van der Waals surface area contributed by atoms with Crippen molar-refractivity contribution in [1.29, 1.82) is 0 Å². The van der Waals surface area contributed by atoms with Crippen molar-refractivity contribution in [3.63, 3.8) is 0 Å². The number of carboxylic acids is 1. The SMILES string of the molecule is Cc1ncc(C(=O)O)n1Cc1ccc([N+](=O)[O-])c(F)c1. The van der Waals surface area contributed by atoms with Gasteiger partial charge in [-0.05, 0) is 18.6 Å². The molecule has 7 nitrogen and oxygen atoms in total. The molecule has 1 aromatic heterocycles. The molecular formula is C12H10FN3O4. The highest BCUT2D eigenvalue weighted by Crippen LogP contribution is 2.19. The van der Waals surface area contributed by atoms with E-state index in [-0.39, 0.29) is 12.2 Å². The minimum atomic E-state index is -1.15. The van der Waals surface area contributed by atoms with Crippen LogP contribution in [0.15, 0.2) is 24.4 Å². The van der Waals surface area contributed by atoms with Gasteiger partial charge in [0.1, 0.15) is 11.5 Å². The predicted octanol–water partition coefficient (Wildman–Crippen LogP) is 1.99. The second kappa shape index (κ2) is 5.08. The standard InChI is InChI=1S/C12H10FN3O4/c1-7-14-5-11(12(17)18)15(7)6-8-2-3-10(16(19)20)9(13)4-8/h2-5H,6H2,1H3,(H,17,18). The lowest BCUT2D eigenvalue weighted by molar-refractivity contribution is -0.387. The number of nitro benzene ring substituents is 1. The average Bonchev–Trinajstić information content (AvgIpc) is 2.71. The van der Waals surface area contributed by atoms with Crippen LogP contribution in [0.25, 0.3) is 0 Å². The van der Waals surface area contributed by atoms with Gasteiger partial charge in [-0.15, -0.1) is 0 Å². The molecule has 0 unspecified atom stereocenters. The molecule has 1 aromatic carbocycles. The lowest BCUT2D eigenvalue weighted by Gasteiger charge is -2.08. The molecule has 0 spiro atoms. The van der Waals surface area contributed by atoms with Crippen molar-refractivity contribution in [2.24, 2.45) is 0 Å². The van der Waals surface area contributed by atoms with Gasteiger partial charge in [-0.2, -0.15) is 4.39 Å². The zero-order chi connectivity index (χ0) is 14.9. The Balaban J connectivity index is 2.36. The van der Waals surface area contributed by atoms with Crippen molar-refractivity contribution in [2.45, 2.75) is 13.5 Å². The maximum atomic E-state index is 13.5. The van der Waals surface area contributed by atoms with E-state index in [0.717, 1.165) is 12.1 Å². The van der Waals surface area contributed by atoms with Crippen LogP contribution in [0.1, 0.15) is 21.9 Å². The molecule has 0 saturated heterocycles. The minimum absolute atomic E-state index is 0.0266. The number of hydrogen-bond acceptors (Lipinski definition) is 4. The van der Waals surface area contributed by atoms with Crippen molar-refractivity contribution < 1.29 is 19.2 Å². The molecule has 2 rings (SSSR count). The number of imidazole rings is 1. The molecule has 20 heavy (non-hydrogen) atoms. The normalized spacial score (nSPS) is 10.5. The first-order chi connectivity index (χ1) is 9.40. The van der Waals surface area contributed by atoms with Crippen LogP contribution in [0.5, 0.6) is 0 Å².